The number of rotatable bonds is 15. The Bertz CT molecular complexity index is 1830. The summed E-state index contributed by atoms with van der Waals surface area (Å²) >= 11 is 0. The predicted molar refractivity (Wildman–Crippen MR) is 201 cm³/mol. The summed E-state index contributed by atoms with van der Waals surface area (Å²) in [6.07, 6.45) is 0.693. The lowest BCUT2D eigenvalue weighted by Crippen LogP contribution is -2.69. The summed E-state index contributed by atoms with van der Waals surface area (Å²) in [4.78, 5) is 57.4. The van der Waals surface area contributed by atoms with Gasteiger partial charge in [0.25, 0.3) is 0 Å². The minimum atomic E-state index is -3.24. The lowest BCUT2D eigenvalue weighted by molar-refractivity contribution is -0.158. The first-order valence-corrected chi connectivity index (χ1v) is 18.4. The molecule has 1 heterocycles. The van der Waals surface area contributed by atoms with Gasteiger partial charge in [0, 0.05) is 25.4 Å². The van der Waals surface area contributed by atoms with Gasteiger partial charge in [0.1, 0.15) is 24.7 Å². The van der Waals surface area contributed by atoms with Gasteiger partial charge in [0.15, 0.2) is 5.78 Å². The van der Waals surface area contributed by atoms with E-state index in [1.165, 1.54) is 17.1 Å². The summed E-state index contributed by atoms with van der Waals surface area (Å²) in [5.41, 5.74) is 7.16. The maximum Gasteiger partial charge on any atom is 0.508 e. The number of likely N-dealkylation sites (tertiary alicyclic amines) is 1. The molecule has 0 spiro atoms. The van der Waals surface area contributed by atoms with Crippen LogP contribution in [-0.4, -0.2) is 59.5 Å². The number of benzene rings is 4. The number of amides is 1. The molecule has 0 aromatic heterocycles. The Morgan fingerprint density at radius 3 is 1.75 bits per heavy atom. The average Bonchev–Trinajstić information content (AvgIpc) is 3.17. The van der Waals surface area contributed by atoms with E-state index in [2.05, 4.69) is 13.2 Å². The van der Waals surface area contributed by atoms with Crippen molar-refractivity contribution >= 4 is 52.0 Å². The van der Waals surface area contributed by atoms with Gasteiger partial charge in [-0.3, -0.25) is 9.59 Å². The second-order valence-corrected chi connectivity index (χ2v) is 15.2. The molecule has 0 bridgehead atoms. The van der Waals surface area contributed by atoms with E-state index in [1.807, 2.05) is 91.0 Å². The zero-order valence-electron chi connectivity index (χ0n) is 28.4. The number of β-lactam (4-membered cyclic amide) rings is 1. The van der Waals surface area contributed by atoms with Crippen molar-refractivity contribution < 1.29 is 33.4 Å². The zero-order chi connectivity index (χ0) is 36.4. The molecule has 0 saturated carbocycles. The molecule has 1 fully saturated rings. The van der Waals surface area contributed by atoms with Crippen molar-refractivity contribution in [2.24, 2.45) is 11.7 Å². The molecule has 0 unspecified atom stereocenters. The fourth-order valence-electron chi connectivity index (χ4n) is 6.45. The average molecular weight is 705 g/mol. The summed E-state index contributed by atoms with van der Waals surface area (Å²) < 4.78 is 16.4. The number of nitrogens with zero attached hydrogens (tertiary/aromatic N) is 1. The first-order chi connectivity index (χ1) is 24.8. The Hall–Kier alpha value is -5.50. The molecule has 2 N–H and O–H groups in total. The van der Waals surface area contributed by atoms with Crippen LogP contribution >= 0.6 is 6.89 Å². The minimum absolute atomic E-state index is 0.0811. The Kier molecular flexibility index (Phi) is 12.2. The molecule has 1 saturated heterocycles. The van der Waals surface area contributed by atoms with Crippen molar-refractivity contribution in [2.45, 2.75) is 32.0 Å². The summed E-state index contributed by atoms with van der Waals surface area (Å²) in [5, 5.41) is 2.39. The number of ether oxygens (including phenoxy) is 3. The molecule has 9 nitrogen and oxygen atoms in total. The minimum Gasteiger partial charge on any atom is -0.457 e. The fraction of sp³-hybridized carbons (Fsp3) is 0.195. The first kappa shape index (κ1) is 36.8. The van der Waals surface area contributed by atoms with Crippen LogP contribution in [0.4, 0.5) is 4.79 Å². The molecule has 262 valence electrons. The van der Waals surface area contributed by atoms with Crippen LogP contribution in [0.3, 0.4) is 0 Å². The van der Waals surface area contributed by atoms with E-state index in [4.69, 9.17) is 19.9 Å². The van der Waals surface area contributed by atoms with Crippen molar-refractivity contribution in [1.29, 1.82) is 0 Å². The molecule has 3 atom stereocenters. The van der Waals surface area contributed by atoms with Crippen LogP contribution < -0.4 is 21.6 Å². The van der Waals surface area contributed by atoms with Gasteiger partial charge in [0.05, 0.1) is 12.0 Å². The molecular formula is C41H41N2O7P. The Labute approximate surface area is 298 Å². The zero-order valence-corrected chi connectivity index (χ0v) is 29.3. The Morgan fingerprint density at radius 2 is 1.27 bits per heavy atom. The van der Waals surface area contributed by atoms with Crippen molar-refractivity contribution in [3.05, 3.63) is 152 Å². The van der Waals surface area contributed by atoms with Gasteiger partial charge in [-0.25, -0.2) is 9.59 Å². The predicted octanol–water partition coefficient (Wildman–Crippen LogP) is 5.13. The summed E-state index contributed by atoms with van der Waals surface area (Å²) in [7, 11) is 0. The maximum absolute atomic E-state index is 14.7. The SMILES string of the molecule is C=CCOC(=O)O[C@H](C)[C@H]1C(=O)N(C(C(=O)OCC=C)=P(c2ccccc2)(c2ccccc2)c2ccccc2)[C@@H]1CC(=O)c1ccc(CN)cc1. The second-order valence-electron chi connectivity index (χ2n) is 11.9. The molecule has 1 aliphatic heterocycles. The van der Waals surface area contributed by atoms with E-state index in [1.54, 1.807) is 31.2 Å². The summed E-state index contributed by atoms with van der Waals surface area (Å²) in [6, 6.07) is 34.7. The van der Waals surface area contributed by atoms with Gasteiger partial charge in [-0.05, 0) is 28.4 Å². The van der Waals surface area contributed by atoms with E-state index in [-0.39, 0.29) is 30.8 Å². The molecule has 4 aromatic rings. The van der Waals surface area contributed by atoms with E-state index >= 15 is 0 Å². The highest BCUT2D eigenvalue weighted by atomic mass is 31.2. The lowest BCUT2D eigenvalue weighted by atomic mass is 9.79. The third-order valence-corrected chi connectivity index (χ3v) is 13.0. The van der Waals surface area contributed by atoms with Gasteiger partial charge < -0.3 is 24.8 Å². The van der Waals surface area contributed by atoms with Gasteiger partial charge in [-0.1, -0.05) is 141 Å². The summed E-state index contributed by atoms with van der Waals surface area (Å²) in [6.45, 7) is 5.74. The standard InChI is InChI=1S/C41H41N2O7P/c1-4-25-48-40(46)39(51(32-15-9-6-10-16-32,33-17-11-7-12-18-33)34-19-13-8-14-20-34)43-35(27-36(44)31-23-21-30(28-42)22-24-31)37(38(43)45)29(3)50-41(47)49-26-5-2/h4-24,29,35,37H,1-2,25-28,42H2,3H3/t29-,35-,37-/m1/s1. The Morgan fingerprint density at radius 1 is 0.784 bits per heavy atom. The molecule has 5 rings (SSSR count). The monoisotopic (exact) mass is 704 g/mol. The van der Waals surface area contributed by atoms with E-state index in [0.717, 1.165) is 21.5 Å². The van der Waals surface area contributed by atoms with Crippen molar-refractivity contribution in [3.63, 3.8) is 0 Å². The van der Waals surface area contributed by atoms with Gasteiger partial charge in [-0.15, -0.1) is 0 Å². The molecular weight excluding hydrogens is 663 g/mol. The normalized spacial score (nSPS) is 15.9. The van der Waals surface area contributed by atoms with E-state index in [9.17, 15) is 19.2 Å². The lowest BCUT2D eigenvalue weighted by Gasteiger charge is -2.51. The van der Waals surface area contributed by atoms with Crippen molar-refractivity contribution in [1.82, 2.24) is 4.90 Å². The quantitative estimate of drug-likeness (QED) is 0.0595. The van der Waals surface area contributed by atoms with E-state index in [0.29, 0.717) is 12.1 Å². The van der Waals surface area contributed by atoms with Gasteiger partial charge >= 0.3 is 12.1 Å². The Balaban J connectivity index is 1.80. The van der Waals surface area contributed by atoms with Crippen LogP contribution in [0.5, 0.6) is 0 Å². The number of ketones is 1. The third-order valence-electron chi connectivity index (χ3n) is 8.77. The largest absolute Gasteiger partial charge is 0.508 e. The molecule has 4 aromatic carbocycles. The smallest absolute Gasteiger partial charge is 0.457 e. The highest BCUT2D eigenvalue weighted by molar-refractivity contribution is 7.96. The van der Waals surface area contributed by atoms with Crippen LogP contribution in [0.15, 0.2) is 141 Å². The molecule has 51 heavy (non-hydrogen) atoms. The van der Waals surface area contributed by atoms with Crippen LogP contribution in [0.2, 0.25) is 0 Å². The maximum atomic E-state index is 14.7. The number of carbonyl (C=O) groups is 4. The number of carbonyl (C=O) groups excluding carboxylic acids is 4. The number of nitrogens with two attached hydrogens (primary N) is 1. The molecule has 1 amide bonds. The summed E-state index contributed by atoms with van der Waals surface area (Å²) in [5.74, 6) is -2.47. The van der Waals surface area contributed by atoms with E-state index < -0.39 is 43.0 Å². The highest BCUT2D eigenvalue weighted by Crippen LogP contribution is 2.50. The number of Topliss-reactive ketones (excluding diaryl/α,β-unsaturated/α-hetero) is 1. The first-order valence-electron chi connectivity index (χ1n) is 16.6. The second kappa shape index (κ2) is 16.9. The van der Waals surface area contributed by atoms with Crippen LogP contribution in [0.1, 0.15) is 29.3 Å². The van der Waals surface area contributed by atoms with Gasteiger partial charge in [0.2, 0.25) is 5.91 Å². The van der Waals surface area contributed by atoms with Gasteiger partial charge in [-0.2, -0.15) is 0 Å². The fourth-order valence-corrected chi connectivity index (χ4v) is 10.8. The van der Waals surface area contributed by atoms with Crippen LogP contribution in [0, 0.1) is 5.92 Å². The van der Waals surface area contributed by atoms with Crippen LogP contribution in [0.25, 0.3) is 0 Å². The number of hydrogen-bond acceptors (Lipinski definition) is 8. The molecule has 0 aliphatic carbocycles. The third kappa shape index (κ3) is 7.65. The number of hydrogen-bond donors (Lipinski definition) is 1. The molecule has 1 aliphatic rings. The molecule has 0 radical (unpaired) electrons. The van der Waals surface area contributed by atoms with Crippen molar-refractivity contribution in [3.8, 4) is 0 Å². The van der Waals surface area contributed by atoms with Crippen LogP contribution in [-0.2, 0) is 30.3 Å². The number of esters is 1. The van der Waals surface area contributed by atoms with Crippen molar-refractivity contribution in [2.75, 3.05) is 13.2 Å². The topological polar surface area (TPSA) is 125 Å². The highest BCUT2D eigenvalue weighted by Gasteiger charge is 2.57. The molecule has 10 heteroatoms.